The van der Waals surface area contributed by atoms with Gasteiger partial charge in [0.15, 0.2) is 5.69 Å². The van der Waals surface area contributed by atoms with E-state index in [0.29, 0.717) is 18.5 Å². The summed E-state index contributed by atoms with van der Waals surface area (Å²) in [5.74, 6) is -1.61. The minimum absolute atomic E-state index is 0.141. The fraction of sp³-hybridized carbons (Fsp3) is 0.600. The molecule has 0 fully saturated rings. The van der Waals surface area contributed by atoms with Crippen LogP contribution in [0, 0.1) is 0 Å². The lowest BCUT2D eigenvalue weighted by atomic mass is 10.1. The average molecular weight is 338 g/mol. The number of carboxylic acids is 1. The van der Waals surface area contributed by atoms with E-state index in [-0.39, 0.29) is 12.2 Å². The molecule has 0 spiro atoms. The molecule has 9 nitrogen and oxygen atoms in total. The number of carbonyl (C=O) groups excluding carboxylic acids is 2. The summed E-state index contributed by atoms with van der Waals surface area (Å²) in [5, 5.41) is 15.6. The molecule has 0 unspecified atom stereocenters. The normalized spacial score (nSPS) is 14.1. The van der Waals surface area contributed by atoms with Crippen molar-refractivity contribution in [3.8, 4) is 0 Å². The fourth-order valence-electron chi connectivity index (χ4n) is 2.41. The van der Waals surface area contributed by atoms with Crippen LogP contribution in [0.5, 0.6) is 0 Å². The van der Waals surface area contributed by atoms with E-state index in [1.807, 2.05) is 0 Å². The number of aromatic amines is 1. The van der Waals surface area contributed by atoms with E-state index in [0.717, 1.165) is 10.6 Å². The van der Waals surface area contributed by atoms with Crippen molar-refractivity contribution in [3.63, 3.8) is 0 Å². The molecule has 132 valence electrons. The van der Waals surface area contributed by atoms with Crippen molar-refractivity contribution in [2.45, 2.75) is 39.3 Å². The Morgan fingerprint density at radius 3 is 2.62 bits per heavy atom. The van der Waals surface area contributed by atoms with Crippen LogP contribution in [0.2, 0.25) is 0 Å². The van der Waals surface area contributed by atoms with Gasteiger partial charge in [0.05, 0.1) is 6.54 Å². The van der Waals surface area contributed by atoms with Gasteiger partial charge in [-0.25, -0.2) is 4.79 Å². The minimum atomic E-state index is -1.11. The van der Waals surface area contributed by atoms with Crippen LogP contribution in [0.25, 0.3) is 0 Å². The predicted octanol–water partition coefficient (Wildman–Crippen LogP) is 0.859. The van der Waals surface area contributed by atoms with Crippen molar-refractivity contribution in [2.75, 3.05) is 20.1 Å². The molecule has 2 N–H and O–H groups in total. The van der Waals surface area contributed by atoms with E-state index in [2.05, 4.69) is 10.2 Å². The Kier molecular flexibility index (Phi) is 4.81. The molecule has 2 rings (SSSR count). The number of likely N-dealkylation sites (N-methyl/N-ethyl adjacent to an activating group) is 1. The van der Waals surface area contributed by atoms with Crippen molar-refractivity contribution < 1.29 is 24.2 Å². The number of nitrogens with zero attached hydrogens (tertiary/aromatic N) is 3. The van der Waals surface area contributed by atoms with Crippen LogP contribution in [0.4, 0.5) is 4.79 Å². The molecule has 0 saturated heterocycles. The second kappa shape index (κ2) is 6.50. The molecule has 0 aliphatic carbocycles. The molecule has 0 saturated carbocycles. The van der Waals surface area contributed by atoms with Gasteiger partial charge in [-0.3, -0.25) is 14.7 Å². The van der Waals surface area contributed by atoms with Gasteiger partial charge in [-0.05, 0) is 20.8 Å². The Balaban J connectivity index is 2.16. The second-order valence-corrected chi connectivity index (χ2v) is 6.74. The lowest BCUT2D eigenvalue weighted by Gasteiger charge is -2.30. The molecule has 0 radical (unpaired) electrons. The van der Waals surface area contributed by atoms with Crippen molar-refractivity contribution in [3.05, 3.63) is 17.0 Å². The molecule has 0 aromatic carbocycles. The van der Waals surface area contributed by atoms with Gasteiger partial charge in [0, 0.05) is 31.3 Å². The van der Waals surface area contributed by atoms with Crippen molar-refractivity contribution in [2.24, 2.45) is 0 Å². The van der Waals surface area contributed by atoms with Crippen LogP contribution < -0.4 is 0 Å². The van der Waals surface area contributed by atoms with E-state index in [1.54, 1.807) is 20.8 Å². The molecular weight excluding hydrogens is 316 g/mol. The maximum absolute atomic E-state index is 12.4. The fourth-order valence-corrected chi connectivity index (χ4v) is 2.41. The highest BCUT2D eigenvalue weighted by atomic mass is 16.6. The highest BCUT2D eigenvalue weighted by Crippen LogP contribution is 2.23. The van der Waals surface area contributed by atoms with E-state index in [9.17, 15) is 14.4 Å². The third-order valence-corrected chi connectivity index (χ3v) is 3.51. The zero-order valence-corrected chi connectivity index (χ0v) is 14.3. The smallest absolute Gasteiger partial charge is 0.410 e. The Hall–Kier alpha value is -2.58. The van der Waals surface area contributed by atoms with E-state index in [1.165, 1.54) is 11.9 Å². The molecule has 2 heterocycles. The third kappa shape index (κ3) is 4.03. The van der Waals surface area contributed by atoms with Gasteiger partial charge >= 0.3 is 12.1 Å². The third-order valence-electron chi connectivity index (χ3n) is 3.51. The van der Waals surface area contributed by atoms with E-state index >= 15 is 0 Å². The van der Waals surface area contributed by atoms with E-state index in [4.69, 9.17) is 9.84 Å². The minimum Gasteiger partial charge on any atom is -0.480 e. The number of hydrogen-bond donors (Lipinski definition) is 2. The molecule has 1 aromatic rings. The van der Waals surface area contributed by atoms with Crippen molar-refractivity contribution in [1.29, 1.82) is 0 Å². The highest BCUT2D eigenvalue weighted by molar-refractivity contribution is 5.95. The van der Waals surface area contributed by atoms with Crippen molar-refractivity contribution >= 4 is 18.0 Å². The standard InChI is InChI=1S/C15H22N4O5/c1-15(2,3)24-14(23)19-6-5-10-9(7-19)12(17-16-10)13(22)18(4)8-11(20)21/h5-8H2,1-4H3,(H,16,17)(H,20,21). The number of amides is 2. The number of hydrogen-bond acceptors (Lipinski definition) is 5. The number of H-pyrrole nitrogens is 1. The molecule has 0 atom stereocenters. The Morgan fingerprint density at radius 2 is 2.04 bits per heavy atom. The molecule has 1 aliphatic heterocycles. The lowest BCUT2D eigenvalue weighted by Crippen LogP contribution is -2.40. The average Bonchev–Trinajstić information content (AvgIpc) is 2.86. The summed E-state index contributed by atoms with van der Waals surface area (Å²) in [6.45, 7) is 5.59. The number of aliphatic carboxylic acids is 1. The summed E-state index contributed by atoms with van der Waals surface area (Å²) in [6.07, 6.45) is 0.0731. The van der Waals surface area contributed by atoms with Gasteiger partial charge in [-0.15, -0.1) is 0 Å². The van der Waals surface area contributed by atoms with Crippen molar-refractivity contribution in [1.82, 2.24) is 20.0 Å². The number of rotatable bonds is 3. The molecule has 0 bridgehead atoms. The molecule has 1 aliphatic rings. The van der Waals surface area contributed by atoms with Crippen LogP contribution in [0.1, 0.15) is 42.5 Å². The van der Waals surface area contributed by atoms with Crippen LogP contribution in [0.15, 0.2) is 0 Å². The first kappa shape index (κ1) is 17.8. The topological polar surface area (TPSA) is 116 Å². The number of fused-ring (bicyclic) bond motifs is 1. The van der Waals surface area contributed by atoms with Gasteiger partial charge in [0.2, 0.25) is 0 Å². The summed E-state index contributed by atoms with van der Waals surface area (Å²) in [6, 6.07) is 0. The van der Waals surface area contributed by atoms with Crippen LogP contribution in [-0.2, 0) is 22.5 Å². The maximum atomic E-state index is 12.4. The Bertz CT molecular complexity index is 661. The van der Waals surface area contributed by atoms with E-state index < -0.39 is 30.1 Å². The first-order chi connectivity index (χ1) is 11.1. The number of carbonyl (C=O) groups is 3. The van der Waals surface area contributed by atoms with Crippen LogP contribution in [-0.4, -0.2) is 68.8 Å². The predicted molar refractivity (Wildman–Crippen MR) is 83.5 cm³/mol. The first-order valence-electron chi connectivity index (χ1n) is 7.60. The highest BCUT2D eigenvalue weighted by Gasteiger charge is 2.31. The van der Waals surface area contributed by atoms with Gasteiger partial charge < -0.3 is 19.6 Å². The largest absolute Gasteiger partial charge is 0.480 e. The van der Waals surface area contributed by atoms with Gasteiger partial charge in [0.1, 0.15) is 12.1 Å². The maximum Gasteiger partial charge on any atom is 0.410 e. The Labute approximate surface area is 139 Å². The first-order valence-corrected chi connectivity index (χ1v) is 7.60. The zero-order valence-electron chi connectivity index (χ0n) is 14.3. The van der Waals surface area contributed by atoms with Crippen LogP contribution in [0.3, 0.4) is 0 Å². The second-order valence-electron chi connectivity index (χ2n) is 6.74. The number of carboxylic acid groups (broad SMARTS) is 1. The monoisotopic (exact) mass is 338 g/mol. The summed E-state index contributed by atoms with van der Waals surface area (Å²) >= 11 is 0. The SMILES string of the molecule is CN(CC(=O)O)C(=O)c1n[nH]c2c1CN(C(=O)OC(C)(C)C)CC2. The number of aromatic nitrogens is 2. The summed E-state index contributed by atoms with van der Waals surface area (Å²) in [7, 11) is 1.39. The summed E-state index contributed by atoms with van der Waals surface area (Å²) in [4.78, 5) is 37.9. The molecule has 2 amide bonds. The van der Waals surface area contributed by atoms with Gasteiger partial charge in [-0.1, -0.05) is 0 Å². The molecule has 9 heteroatoms. The lowest BCUT2D eigenvalue weighted by molar-refractivity contribution is -0.137. The quantitative estimate of drug-likeness (QED) is 0.844. The molecular formula is C15H22N4O5. The molecule has 24 heavy (non-hydrogen) atoms. The van der Waals surface area contributed by atoms with Gasteiger partial charge in [0.25, 0.3) is 5.91 Å². The number of nitrogens with one attached hydrogen (secondary N) is 1. The Morgan fingerprint density at radius 1 is 1.38 bits per heavy atom. The van der Waals surface area contributed by atoms with Gasteiger partial charge in [-0.2, -0.15) is 5.10 Å². The zero-order chi connectivity index (χ0) is 18.1. The van der Waals surface area contributed by atoms with Crippen LogP contribution >= 0.6 is 0 Å². The number of ether oxygens (including phenoxy) is 1. The summed E-state index contributed by atoms with van der Waals surface area (Å²) < 4.78 is 5.35. The summed E-state index contributed by atoms with van der Waals surface area (Å²) in [5.41, 5.74) is 0.923. The molecule has 1 aromatic heterocycles.